The molecule has 0 aromatic heterocycles. The Morgan fingerprint density at radius 3 is 2.40 bits per heavy atom. The standard InChI is InChI=1S/C18H27NO/c1-3-4-5-6-7-11-14-19-16(2)15-18(20)17-12-9-8-10-13-17/h8-10,12-13,15,19H,3-7,11,14H2,1-2H3/b16-15+. The first-order valence-corrected chi connectivity index (χ1v) is 7.75. The summed E-state index contributed by atoms with van der Waals surface area (Å²) in [6.07, 6.45) is 9.44. The molecule has 0 unspecified atom stereocenters. The Morgan fingerprint density at radius 1 is 1.05 bits per heavy atom. The lowest BCUT2D eigenvalue weighted by atomic mass is 10.1. The minimum absolute atomic E-state index is 0.0681. The van der Waals surface area contributed by atoms with Crippen LogP contribution < -0.4 is 5.32 Å². The van der Waals surface area contributed by atoms with Crippen molar-refractivity contribution in [1.82, 2.24) is 5.32 Å². The van der Waals surface area contributed by atoms with Crippen molar-refractivity contribution in [2.45, 2.75) is 52.4 Å². The van der Waals surface area contributed by atoms with E-state index in [4.69, 9.17) is 0 Å². The molecule has 0 bridgehead atoms. The van der Waals surface area contributed by atoms with E-state index in [0.29, 0.717) is 0 Å². The number of ketones is 1. The van der Waals surface area contributed by atoms with Gasteiger partial charge in [-0.25, -0.2) is 0 Å². The maximum absolute atomic E-state index is 11.9. The van der Waals surface area contributed by atoms with E-state index in [2.05, 4.69) is 12.2 Å². The van der Waals surface area contributed by atoms with Gasteiger partial charge in [-0.3, -0.25) is 4.79 Å². The highest BCUT2D eigenvalue weighted by Gasteiger charge is 2.01. The number of hydrogen-bond acceptors (Lipinski definition) is 2. The zero-order chi connectivity index (χ0) is 14.6. The lowest BCUT2D eigenvalue weighted by Crippen LogP contribution is -2.14. The molecule has 2 heteroatoms. The molecule has 0 atom stereocenters. The molecule has 0 aliphatic rings. The molecule has 0 saturated heterocycles. The van der Waals surface area contributed by atoms with E-state index in [1.54, 1.807) is 6.08 Å². The number of nitrogens with one attached hydrogen (secondary N) is 1. The molecule has 1 aromatic carbocycles. The van der Waals surface area contributed by atoms with Gasteiger partial charge in [0.1, 0.15) is 0 Å². The van der Waals surface area contributed by atoms with E-state index >= 15 is 0 Å². The Hall–Kier alpha value is -1.57. The zero-order valence-electron chi connectivity index (χ0n) is 12.8. The third-order valence-corrected chi connectivity index (χ3v) is 3.34. The summed E-state index contributed by atoms with van der Waals surface area (Å²) in [5.74, 6) is 0.0681. The Bertz CT molecular complexity index is 409. The van der Waals surface area contributed by atoms with Crippen molar-refractivity contribution < 1.29 is 4.79 Å². The monoisotopic (exact) mass is 273 g/mol. The van der Waals surface area contributed by atoms with Crippen LogP contribution in [0.25, 0.3) is 0 Å². The molecular weight excluding hydrogens is 246 g/mol. The number of carbonyl (C=O) groups excluding carboxylic acids is 1. The van der Waals surface area contributed by atoms with Crippen molar-refractivity contribution in [3.63, 3.8) is 0 Å². The van der Waals surface area contributed by atoms with Gasteiger partial charge in [-0.2, -0.15) is 0 Å². The normalized spacial score (nSPS) is 11.4. The van der Waals surface area contributed by atoms with Crippen molar-refractivity contribution in [2.24, 2.45) is 0 Å². The molecule has 0 aliphatic heterocycles. The Labute approximate surface area is 123 Å². The molecule has 1 N–H and O–H groups in total. The Balaban J connectivity index is 2.20. The average molecular weight is 273 g/mol. The first kappa shape index (κ1) is 16.5. The van der Waals surface area contributed by atoms with Gasteiger partial charge < -0.3 is 5.32 Å². The molecule has 0 spiro atoms. The van der Waals surface area contributed by atoms with Crippen LogP contribution in [0.15, 0.2) is 42.1 Å². The quantitative estimate of drug-likeness (QED) is 0.379. The maximum Gasteiger partial charge on any atom is 0.187 e. The fourth-order valence-corrected chi connectivity index (χ4v) is 2.12. The van der Waals surface area contributed by atoms with Crippen LogP contribution in [-0.2, 0) is 0 Å². The summed E-state index contributed by atoms with van der Waals surface area (Å²) in [5.41, 5.74) is 1.70. The SMILES string of the molecule is CCCCCCCCN/C(C)=C/C(=O)c1ccccc1. The third kappa shape index (κ3) is 7.13. The second kappa shape index (κ2) is 10.2. The molecule has 0 aliphatic carbocycles. The Morgan fingerprint density at radius 2 is 1.70 bits per heavy atom. The number of benzene rings is 1. The summed E-state index contributed by atoms with van der Waals surface area (Å²) >= 11 is 0. The first-order valence-electron chi connectivity index (χ1n) is 7.75. The van der Waals surface area contributed by atoms with Crippen LogP contribution in [0, 0.1) is 0 Å². The molecular formula is C18H27NO. The fourth-order valence-electron chi connectivity index (χ4n) is 2.12. The van der Waals surface area contributed by atoms with Crippen molar-refractivity contribution in [3.05, 3.63) is 47.7 Å². The van der Waals surface area contributed by atoms with E-state index in [1.165, 1.54) is 38.5 Å². The molecule has 20 heavy (non-hydrogen) atoms. The van der Waals surface area contributed by atoms with Crippen LogP contribution in [0.2, 0.25) is 0 Å². The molecule has 0 fully saturated rings. The van der Waals surface area contributed by atoms with Gasteiger partial charge in [0.25, 0.3) is 0 Å². The van der Waals surface area contributed by atoms with Gasteiger partial charge in [-0.05, 0) is 13.3 Å². The van der Waals surface area contributed by atoms with Crippen LogP contribution in [0.5, 0.6) is 0 Å². The van der Waals surface area contributed by atoms with Crippen LogP contribution in [0.4, 0.5) is 0 Å². The highest BCUT2D eigenvalue weighted by atomic mass is 16.1. The number of rotatable bonds is 10. The Kier molecular flexibility index (Phi) is 8.44. The second-order valence-electron chi connectivity index (χ2n) is 5.25. The number of allylic oxidation sites excluding steroid dienone is 2. The van der Waals surface area contributed by atoms with Gasteiger partial charge in [-0.1, -0.05) is 69.4 Å². The average Bonchev–Trinajstić information content (AvgIpc) is 2.47. The number of unbranched alkanes of at least 4 members (excludes halogenated alkanes) is 5. The molecule has 0 saturated carbocycles. The molecule has 1 rings (SSSR count). The summed E-state index contributed by atoms with van der Waals surface area (Å²) < 4.78 is 0. The van der Waals surface area contributed by atoms with Crippen molar-refractivity contribution >= 4 is 5.78 Å². The lowest BCUT2D eigenvalue weighted by Gasteiger charge is -2.06. The number of hydrogen-bond donors (Lipinski definition) is 1. The molecule has 0 heterocycles. The third-order valence-electron chi connectivity index (χ3n) is 3.34. The van der Waals surface area contributed by atoms with Gasteiger partial charge >= 0.3 is 0 Å². The van der Waals surface area contributed by atoms with E-state index in [9.17, 15) is 4.79 Å². The van der Waals surface area contributed by atoms with Crippen LogP contribution in [0.1, 0.15) is 62.7 Å². The van der Waals surface area contributed by atoms with Crippen molar-refractivity contribution in [3.8, 4) is 0 Å². The minimum Gasteiger partial charge on any atom is -0.388 e. The fraction of sp³-hybridized carbons (Fsp3) is 0.500. The largest absolute Gasteiger partial charge is 0.388 e. The highest BCUT2D eigenvalue weighted by molar-refractivity contribution is 6.04. The summed E-state index contributed by atoms with van der Waals surface area (Å²) in [4.78, 5) is 11.9. The van der Waals surface area contributed by atoms with E-state index in [-0.39, 0.29) is 5.78 Å². The van der Waals surface area contributed by atoms with Crippen molar-refractivity contribution in [1.29, 1.82) is 0 Å². The summed E-state index contributed by atoms with van der Waals surface area (Å²) in [5, 5.41) is 3.31. The summed E-state index contributed by atoms with van der Waals surface area (Å²) in [7, 11) is 0. The minimum atomic E-state index is 0.0681. The zero-order valence-corrected chi connectivity index (χ0v) is 12.8. The lowest BCUT2D eigenvalue weighted by molar-refractivity contribution is 0.104. The van der Waals surface area contributed by atoms with Crippen LogP contribution in [0.3, 0.4) is 0 Å². The number of carbonyl (C=O) groups is 1. The molecule has 0 radical (unpaired) electrons. The van der Waals surface area contributed by atoms with E-state index < -0.39 is 0 Å². The molecule has 2 nitrogen and oxygen atoms in total. The van der Waals surface area contributed by atoms with Gasteiger partial charge in [0.15, 0.2) is 5.78 Å². The van der Waals surface area contributed by atoms with E-state index in [1.807, 2.05) is 37.3 Å². The smallest absolute Gasteiger partial charge is 0.187 e. The van der Waals surface area contributed by atoms with Crippen molar-refractivity contribution in [2.75, 3.05) is 6.54 Å². The molecule has 110 valence electrons. The second-order valence-corrected chi connectivity index (χ2v) is 5.25. The van der Waals surface area contributed by atoms with Crippen LogP contribution in [-0.4, -0.2) is 12.3 Å². The predicted octanol–water partition coefficient (Wildman–Crippen LogP) is 4.72. The highest BCUT2D eigenvalue weighted by Crippen LogP contribution is 2.05. The van der Waals surface area contributed by atoms with Gasteiger partial charge in [0.2, 0.25) is 0 Å². The molecule has 0 amide bonds. The molecule has 1 aromatic rings. The predicted molar refractivity (Wildman–Crippen MR) is 85.9 cm³/mol. The summed E-state index contributed by atoms with van der Waals surface area (Å²) in [6.45, 7) is 5.15. The van der Waals surface area contributed by atoms with Gasteiger partial charge in [-0.15, -0.1) is 0 Å². The van der Waals surface area contributed by atoms with E-state index in [0.717, 1.165) is 17.8 Å². The van der Waals surface area contributed by atoms with Gasteiger partial charge in [0.05, 0.1) is 0 Å². The van der Waals surface area contributed by atoms with Crippen LogP contribution >= 0.6 is 0 Å². The topological polar surface area (TPSA) is 29.1 Å². The summed E-state index contributed by atoms with van der Waals surface area (Å²) in [6, 6.07) is 9.39. The van der Waals surface area contributed by atoms with Gasteiger partial charge in [0, 0.05) is 23.9 Å². The first-order chi connectivity index (χ1) is 9.74. The maximum atomic E-state index is 11.9.